The van der Waals surface area contributed by atoms with Crippen molar-refractivity contribution in [2.24, 2.45) is 28.9 Å². The molecule has 9 heteroatoms. The highest BCUT2D eigenvalue weighted by Crippen LogP contribution is 2.66. The second kappa shape index (κ2) is 16.9. The van der Waals surface area contributed by atoms with Gasteiger partial charge < -0.3 is 35.8 Å². The van der Waals surface area contributed by atoms with E-state index in [0.717, 1.165) is 48.8 Å². The van der Waals surface area contributed by atoms with Crippen LogP contribution in [0.3, 0.4) is 0 Å². The van der Waals surface area contributed by atoms with Gasteiger partial charge in [-0.15, -0.1) is 0 Å². The number of hydrogen-bond donors (Lipinski definition) is 5. The van der Waals surface area contributed by atoms with E-state index in [-0.39, 0.29) is 42.7 Å². The quantitative estimate of drug-likeness (QED) is 0.121. The van der Waals surface area contributed by atoms with Crippen LogP contribution in [0.1, 0.15) is 109 Å². The van der Waals surface area contributed by atoms with Crippen molar-refractivity contribution in [2.45, 2.75) is 122 Å². The van der Waals surface area contributed by atoms with E-state index in [1.165, 1.54) is 5.57 Å². The summed E-state index contributed by atoms with van der Waals surface area (Å²) in [5, 5.41) is 38.2. The second-order valence-electron chi connectivity index (χ2n) is 16.3. The lowest BCUT2D eigenvalue weighted by atomic mass is 9.52. The molecule has 3 fully saturated rings. The highest BCUT2D eigenvalue weighted by atomic mass is 16.6. The summed E-state index contributed by atoms with van der Waals surface area (Å²) in [4.78, 5) is 26.4. The van der Waals surface area contributed by atoms with E-state index >= 15 is 0 Å². The Morgan fingerprint density at radius 2 is 2.02 bits per heavy atom. The van der Waals surface area contributed by atoms with E-state index in [2.05, 4.69) is 42.8 Å². The molecule has 9 nitrogen and oxygen atoms in total. The van der Waals surface area contributed by atoms with Crippen LogP contribution in [-0.4, -0.2) is 58.2 Å². The Morgan fingerprint density at radius 1 is 1.20 bits per heavy atom. The smallest absolute Gasteiger partial charge is 0.410 e. The first-order chi connectivity index (χ1) is 25.9. The second-order valence-corrected chi connectivity index (χ2v) is 16.3. The van der Waals surface area contributed by atoms with Crippen molar-refractivity contribution in [1.29, 1.82) is 0 Å². The number of amides is 1. The Morgan fingerprint density at radius 3 is 2.81 bits per heavy atom. The molecule has 54 heavy (non-hydrogen) atoms. The Kier molecular flexibility index (Phi) is 12.5. The Bertz CT molecular complexity index is 1810. The van der Waals surface area contributed by atoms with Crippen molar-refractivity contribution in [3.8, 4) is 17.6 Å². The molecular formula is C45H58N2O7. The van der Waals surface area contributed by atoms with Crippen LogP contribution in [0.4, 0.5) is 4.79 Å². The zero-order valence-electron chi connectivity index (χ0n) is 32.2. The minimum absolute atomic E-state index is 0.00444. The summed E-state index contributed by atoms with van der Waals surface area (Å²) in [6.45, 7) is 10.3. The average molecular weight is 739 g/mol. The third-order valence-corrected chi connectivity index (χ3v) is 13.0. The molecule has 1 amide bonds. The number of Topliss-reactive ketones (excluding diaryl/α,β-unsaturated/α-hetero) is 1. The average Bonchev–Trinajstić information content (AvgIpc) is 3.30. The molecule has 290 valence electrons. The number of allylic oxidation sites excluding steroid dienone is 8. The van der Waals surface area contributed by atoms with Crippen LogP contribution in [-0.2, 0) is 16.0 Å². The summed E-state index contributed by atoms with van der Waals surface area (Å²) in [6.07, 6.45) is 13.3. The number of ether oxygens (including phenoxy) is 2. The van der Waals surface area contributed by atoms with Crippen LogP contribution in [0.15, 0.2) is 76.9 Å². The molecule has 3 aliphatic carbocycles. The molecule has 0 bridgehead atoms. The molecule has 6 N–H and O–H groups in total. The van der Waals surface area contributed by atoms with E-state index in [0.29, 0.717) is 67.6 Å². The number of carbonyl (C=O) groups is 2. The fourth-order valence-corrected chi connectivity index (χ4v) is 10.1. The molecule has 0 radical (unpaired) electrons. The fraction of sp³-hybridized carbons (Fsp3) is 0.556. The van der Waals surface area contributed by atoms with Crippen molar-refractivity contribution >= 4 is 11.9 Å². The first-order valence-corrected chi connectivity index (χ1v) is 19.8. The van der Waals surface area contributed by atoms with Crippen LogP contribution in [0.2, 0.25) is 0 Å². The van der Waals surface area contributed by atoms with Crippen molar-refractivity contribution in [3.63, 3.8) is 0 Å². The SMILES string of the molecule is C=C1/C=C/C=C2\[C@H]3[C@@H](CCC[C@@H]2OCC#CC/C(C)=C/CC1)C[C@@]1([C@H](CCCO)/C(=C(\C)C(=O)Cc2cccc4c2OC(=O)N[C@@H]4N)CC[C@@]1(C)O)[C@@H]3O. The molecule has 0 unspecified atom stereocenters. The first-order valence-electron chi connectivity index (χ1n) is 19.8. The molecular weight excluding hydrogens is 681 g/mol. The maximum absolute atomic E-state index is 14.2. The van der Waals surface area contributed by atoms with Gasteiger partial charge >= 0.3 is 6.09 Å². The number of fused-ring (bicyclic) bond motifs is 4. The number of benzene rings is 1. The number of rotatable bonds is 6. The van der Waals surface area contributed by atoms with Gasteiger partial charge in [-0.2, -0.15) is 0 Å². The topological polar surface area (TPSA) is 151 Å². The predicted molar refractivity (Wildman–Crippen MR) is 209 cm³/mol. The van der Waals surface area contributed by atoms with Crippen molar-refractivity contribution in [2.75, 3.05) is 13.2 Å². The third-order valence-electron chi connectivity index (χ3n) is 13.0. The van der Waals surface area contributed by atoms with Gasteiger partial charge in [0.05, 0.1) is 17.8 Å². The number of nitrogens with one attached hydrogen (secondary N) is 1. The normalized spacial score (nSPS) is 36.4. The zero-order chi connectivity index (χ0) is 38.6. The largest absolute Gasteiger partial charge is 0.414 e. The predicted octanol–water partition coefficient (Wildman–Crippen LogP) is 6.83. The Hall–Kier alpha value is -3.78. The molecule has 1 aromatic rings. The molecule has 3 saturated carbocycles. The highest BCUT2D eigenvalue weighted by molar-refractivity contribution is 5.97. The van der Waals surface area contributed by atoms with Crippen molar-refractivity contribution < 1.29 is 34.4 Å². The van der Waals surface area contributed by atoms with E-state index < -0.39 is 29.4 Å². The van der Waals surface area contributed by atoms with E-state index in [4.69, 9.17) is 15.2 Å². The van der Waals surface area contributed by atoms with Crippen LogP contribution >= 0.6 is 0 Å². The number of hydrogen-bond acceptors (Lipinski definition) is 8. The third kappa shape index (κ3) is 7.96. The van der Waals surface area contributed by atoms with Gasteiger partial charge in [-0.3, -0.25) is 4.79 Å². The minimum atomic E-state index is -1.24. The van der Waals surface area contributed by atoms with E-state index in [9.17, 15) is 24.9 Å². The van der Waals surface area contributed by atoms with Crippen LogP contribution in [0.5, 0.6) is 5.75 Å². The molecule has 2 aliphatic heterocycles. The van der Waals surface area contributed by atoms with Gasteiger partial charge in [0.1, 0.15) is 18.5 Å². The fourth-order valence-electron chi connectivity index (χ4n) is 10.1. The first kappa shape index (κ1) is 39.9. The summed E-state index contributed by atoms with van der Waals surface area (Å²) in [5.41, 5.74) is 9.92. The summed E-state index contributed by atoms with van der Waals surface area (Å²) in [7, 11) is 0. The van der Waals surface area contributed by atoms with Gasteiger partial charge in [0.15, 0.2) is 5.78 Å². The molecule has 6 rings (SSSR count). The Labute approximate surface area is 320 Å². The van der Waals surface area contributed by atoms with E-state index in [1.54, 1.807) is 18.2 Å². The highest BCUT2D eigenvalue weighted by Gasteiger charge is 2.67. The van der Waals surface area contributed by atoms with Gasteiger partial charge in [0.25, 0.3) is 0 Å². The summed E-state index contributed by atoms with van der Waals surface area (Å²) >= 11 is 0. The lowest BCUT2D eigenvalue weighted by Crippen LogP contribution is -2.59. The molecule has 0 saturated heterocycles. The standard InChI is InChI=1S/C45H58N2O7/c1-28-12-5-6-25-53-38-21-10-17-32-27-45(41(50)39(32)34(38)18-8-15-29(2)14-7-13-28)36(20-11-24-48)33(22-23-44(45,4)52)30(3)37(49)26-31-16-9-19-35-40(31)54-43(51)47-42(35)46/h8-9,13,15-16,18-19,32,36,38-39,41-42,48,50,52H,2,7,10-12,14,17,20-27,46H2,1,3-4H3,(H,47,51)/b15-8+,28-13+,33-30+,34-18-/t32-,36+,38-,39+,41+,42-,44+,45+/m0/s1. The number of aliphatic hydroxyl groups excluding tert-OH is 2. The summed E-state index contributed by atoms with van der Waals surface area (Å²) < 4.78 is 12.0. The van der Waals surface area contributed by atoms with Gasteiger partial charge in [-0.25, -0.2) is 4.79 Å². The lowest BCUT2D eigenvalue weighted by Gasteiger charge is -2.56. The molecule has 2 heterocycles. The number of nitrogens with two attached hydrogens (primary N) is 1. The van der Waals surface area contributed by atoms with Crippen molar-refractivity contribution in [3.05, 3.63) is 88.1 Å². The number of para-hydroxylation sites is 1. The molecule has 0 aromatic heterocycles. The minimum Gasteiger partial charge on any atom is -0.410 e. The maximum atomic E-state index is 14.2. The van der Waals surface area contributed by atoms with Crippen LogP contribution in [0.25, 0.3) is 0 Å². The van der Waals surface area contributed by atoms with Gasteiger partial charge in [0, 0.05) is 41.9 Å². The van der Waals surface area contributed by atoms with Gasteiger partial charge in [-0.1, -0.05) is 84.1 Å². The zero-order valence-corrected chi connectivity index (χ0v) is 32.2. The molecule has 5 aliphatic rings. The number of carbonyl (C=O) groups excluding carboxylic acids is 2. The van der Waals surface area contributed by atoms with Gasteiger partial charge in [-0.05, 0) is 102 Å². The Balaban J connectivity index is 1.38. The molecule has 1 spiro atoms. The van der Waals surface area contributed by atoms with Crippen LogP contribution in [0, 0.1) is 35.0 Å². The summed E-state index contributed by atoms with van der Waals surface area (Å²) in [6, 6.07) is 5.35. The summed E-state index contributed by atoms with van der Waals surface area (Å²) in [5.74, 6) is 6.12. The maximum Gasteiger partial charge on any atom is 0.414 e. The van der Waals surface area contributed by atoms with Crippen LogP contribution < -0.4 is 15.8 Å². The number of aliphatic hydroxyl groups is 3. The molecule has 8 atom stereocenters. The van der Waals surface area contributed by atoms with Crippen molar-refractivity contribution in [1.82, 2.24) is 5.32 Å². The molecule has 1 aromatic carbocycles. The lowest BCUT2D eigenvalue weighted by molar-refractivity contribution is -0.168. The monoisotopic (exact) mass is 738 g/mol. The van der Waals surface area contributed by atoms with E-state index in [1.807, 2.05) is 26.0 Å². The number of ketones is 1. The van der Waals surface area contributed by atoms with Gasteiger partial charge in [0.2, 0.25) is 0 Å².